The fourth-order valence-electron chi connectivity index (χ4n) is 1.28. The van der Waals surface area contributed by atoms with Crippen LogP contribution >= 0.6 is 11.6 Å². The van der Waals surface area contributed by atoms with Crippen molar-refractivity contribution in [2.24, 2.45) is 0 Å². The van der Waals surface area contributed by atoms with Gasteiger partial charge in [-0.2, -0.15) is 0 Å². The van der Waals surface area contributed by atoms with Crippen molar-refractivity contribution in [1.82, 2.24) is 4.98 Å². The third-order valence-electron chi connectivity index (χ3n) is 2.03. The number of halogens is 1. The Bertz CT molecular complexity index is 614. The number of nitrogens with zero attached hydrogens (tertiary/aromatic N) is 1. The van der Waals surface area contributed by atoms with Gasteiger partial charge in [0, 0.05) is 6.20 Å². The standard InChI is InChI=1S/C11H9ClN2O2S/c12-9-5-1-2-6-10(9)17(15,16)14-11-7-3-4-8-13-11/h1-8H,(H,13,14). The van der Waals surface area contributed by atoms with E-state index in [0.717, 1.165) is 0 Å². The average Bonchev–Trinajstić information content (AvgIpc) is 2.30. The van der Waals surface area contributed by atoms with E-state index in [1.54, 1.807) is 30.3 Å². The fraction of sp³-hybridized carbons (Fsp3) is 0. The Balaban J connectivity index is 2.36. The van der Waals surface area contributed by atoms with E-state index in [9.17, 15) is 8.42 Å². The lowest BCUT2D eigenvalue weighted by Crippen LogP contribution is -2.14. The molecule has 0 aliphatic carbocycles. The van der Waals surface area contributed by atoms with Crippen LogP contribution in [-0.2, 0) is 10.0 Å². The van der Waals surface area contributed by atoms with Gasteiger partial charge in [-0.25, -0.2) is 13.4 Å². The minimum Gasteiger partial charge on any atom is -0.263 e. The van der Waals surface area contributed by atoms with Gasteiger partial charge in [0.25, 0.3) is 10.0 Å². The van der Waals surface area contributed by atoms with Crippen molar-refractivity contribution in [3.05, 3.63) is 53.7 Å². The molecule has 0 spiro atoms. The lowest BCUT2D eigenvalue weighted by molar-refractivity contribution is 0.601. The Morgan fingerprint density at radius 3 is 2.41 bits per heavy atom. The lowest BCUT2D eigenvalue weighted by Gasteiger charge is -2.07. The minimum absolute atomic E-state index is 0.0346. The first-order chi connectivity index (χ1) is 8.09. The Morgan fingerprint density at radius 2 is 1.76 bits per heavy atom. The molecular formula is C11H9ClN2O2S. The molecule has 0 atom stereocenters. The van der Waals surface area contributed by atoms with Crippen molar-refractivity contribution in [3.63, 3.8) is 0 Å². The zero-order valence-corrected chi connectivity index (χ0v) is 10.2. The second-order valence-corrected chi connectivity index (χ2v) is 5.31. The molecule has 0 saturated heterocycles. The first kappa shape index (κ1) is 11.9. The minimum atomic E-state index is -3.69. The second kappa shape index (κ2) is 4.73. The summed E-state index contributed by atoms with van der Waals surface area (Å²) in [5.41, 5.74) is 0. The number of aromatic nitrogens is 1. The van der Waals surface area contributed by atoms with Gasteiger partial charge in [0.1, 0.15) is 10.7 Å². The van der Waals surface area contributed by atoms with E-state index in [1.165, 1.54) is 18.3 Å². The molecular weight excluding hydrogens is 260 g/mol. The molecule has 4 nitrogen and oxygen atoms in total. The smallest absolute Gasteiger partial charge is 0.263 e. The molecule has 0 saturated carbocycles. The number of hydrogen-bond acceptors (Lipinski definition) is 3. The summed E-state index contributed by atoms with van der Waals surface area (Å²) in [6.45, 7) is 0. The zero-order valence-electron chi connectivity index (χ0n) is 8.67. The van der Waals surface area contributed by atoms with Crippen LogP contribution < -0.4 is 4.72 Å². The first-order valence-electron chi connectivity index (χ1n) is 4.78. The van der Waals surface area contributed by atoms with Gasteiger partial charge in [-0.1, -0.05) is 29.8 Å². The van der Waals surface area contributed by atoms with Crippen LogP contribution in [-0.4, -0.2) is 13.4 Å². The quantitative estimate of drug-likeness (QED) is 0.931. The number of anilines is 1. The van der Waals surface area contributed by atoms with E-state index in [2.05, 4.69) is 9.71 Å². The topological polar surface area (TPSA) is 59.1 Å². The molecule has 1 aromatic carbocycles. The van der Waals surface area contributed by atoms with Crippen LogP contribution in [0.2, 0.25) is 5.02 Å². The summed E-state index contributed by atoms with van der Waals surface area (Å²) < 4.78 is 26.3. The molecule has 17 heavy (non-hydrogen) atoms. The van der Waals surface area contributed by atoms with E-state index in [4.69, 9.17) is 11.6 Å². The largest absolute Gasteiger partial charge is 0.264 e. The molecule has 2 aromatic rings. The molecule has 0 radical (unpaired) electrons. The number of sulfonamides is 1. The Kier molecular flexibility index (Phi) is 3.31. The maximum atomic E-state index is 12.0. The number of pyridine rings is 1. The predicted molar refractivity (Wildman–Crippen MR) is 66.5 cm³/mol. The van der Waals surface area contributed by atoms with Gasteiger partial charge < -0.3 is 0 Å². The van der Waals surface area contributed by atoms with Crippen molar-refractivity contribution < 1.29 is 8.42 Å². The molecule has 2 rings (SSSR count). The maximum Gasteiger partial charge on any atom is 0.264 e. The van der Waals surface area contributed by atoms with Crippen LogP contribution in [0.15, 0.2) is 53.6 Å². The first-order valence-corrected chi connectivity index (χ1v) is 6.64. The van der Waals surface area contributed by atoms with Crippen LogP contribution in [0, 0.1) is 0 Å². The van der Waals surface area contributed by atoms with Crippen molar-refractivity contribution in [2.75, 3.05) is 4.72 Å². The van der Waals surface area contributed by atoms with Crippen molar-refractivity contribution in [3.8, 4) is 0 Å². The van der Waals surface area contributed by atoms with E-state index >= 15 is 0 Å². The highest BCUT2D eigenvalue weighted by Crippen LogP contribution is 2.22. The molecule has 88 valence electrons. The van der Waals surface area contributed by atoms with Crippen molar-refractivity contribution in [1.29, 1.82) is 0 Å². The van der Waals surface area contributed by atoms with Crippen LogP contribution in [0.1, 0.15) is 0 Å². The SMILES string of the molecule is O=S(=O)(Nc1ccccn1)c1ccccc1Cl. The monoisotopic (exact) mass is 268 g/mol. The number of hydrogen-bond donors (Lipinski definition) is 1. The predicted octanol–water partition coefficient (Wildman–Crippen LogP) is 2.54. The molecule has 1 aromatic heterocycles. The third kappa shape index (κ3) is 2.75. The summed E-state index contributed by atoms with van der Waals surface area (Å²) >= 11 is 5.84. The molecule has 0 aliphatic heterocycles. The van der Waals surface area contributed by atoms with Gasteiger partial charge in [0.15, 0.2) is 0 Å². The van der Waals surface area contributed by atoms with Crippen molar-refractivity contribution >= 4 is 27.4 Å². The Labute approximate surface area is 104 Å². The Hall–Kier alpha value is -1.59. The Morgan fingerprint density at radius 1 is 1.06 bits per heavy atom. The van der Waals surface area contributed by atoms with Gasteiger partial charge in [-0.3, -0.25) is 4.72 Å². The van der Waals surface area contributed by atoms with Crippen LogP contribution in [0.3, 0.4) is 0 Å². The lowest BCUT2D eigenvalue weighted by atomic mass is 10.4. The van der Waals surface area contributed by atoms with Gasteiger partial charge in [-0.05, 0) is 24.3 Å². The second-order valence-electron chi connectivity index (χ2n) is 3.25. The molecule has 0 aliphatic rings. The molecule has 6 heteroatoms. The van der Waals surface area contributed by atoms with Gasteiger partial charge >= 0.3 is 0 Å². The summed E-state index contributed by atoms with van der Waals surface area (Å²) in [7, 11) is -3.69. The molecule has 0 bridgehead atoms. The molecule has 0 unspecified atom stereocenters. The number of rotatable bonds is 3. The van der Waals surface area contributed by atoms with E-state index in [1.807, 2.05) is 0 Å². The van der Waals surface area contributed by atoms with E-state index in [0.29, 0.717) is 0 Å². The summed E-state index contributed by atoms with van der Waals surface area (Å²) in [5.74, 6) is 0.257. The van der Waals surface area contributed by atoms with Crippen molar-refractivity contribution in [2.45, 2.75) is 4.90 Å². The van der Waals surface area contributed by atoms with E-state index < -0.39 is 10.0 Å². The number of nitrogens with one attached hydrogen (secondary N) is 1. The normalized spacial score (nSPS) is 11.1. The number of benzene rings is 1. The summed E-state index contributed by atoms with van der Waals surface area (Å²) in [6.07, 6.45) is 1.50. The highest BCUT2D eigenvalue weighted by atomic mass is 35.5. The summed E-state index contributed by atoms with van der Waals surface area (Å²) in [4.78, 5) is 3.92. The third-order valence-corrected chi connectivity index (χ3v) is 3.88. The van der Waals surface area contributed by atoms with E-state index in [-0.39, 0.29) is 15.7 Å². The zero-order chi connectivity index (χ0) is 12.3. The highest BCUT2D eigenvalue weighted by Gasteiger charge is 2.17. The van der Waals surface area contributed by atoms with Crippen LogP contribution in [0.4, 0.5) is 5.82 Å². The van der Waals surface area contributed by atoms with Gasteiger partial charge in [-0.15, -0.1) is 0 Å². The molecule has 0 fully saturated rings. The van der Waals surface area contributed by atoms with Crippen LogP contribution in [0.5, 0.6) is 0 Å². The maximum absolute atomic E-state index is 12.0. The fourth-order valence-corrected chi connectivity index (χ4v) is 2.81. The summed E-state index contributed by atoms with van der Waals surface area (Å²) in [5, 5.41) is 0.177. The molecule has 1 N–H and O–H groups in total. The van der Waals surface area contributed by atoms with Crippen LogP contribution in [0.25, 0.3) is 0 Å². The molecule has 0 amide bonds. The molecule has 1 heterocycles. The summed E-state index contributed by atoms with van der Waals surface area (Å²) in [6, 6.07) is 11.2. The van der Waals surface area contributed by atoms with Gasteiger partial charge in [0.05, 0.1) is 5.02 Å². The average molecular weight is 269 g/mol. The van der Waals surface area contributed by atoms with Gasteiger partial charge in [0.2, 0.25) is 0 Å². The highest BCUT2D eigenvalue weighted by molar-refractivity contribution is 7.92.